The summed E-state index contributed by atoms with van der Waals surface area (Å²) in [7, 11) is 0. The first-order valence-electron chi connectivity index (χ1n) is 7.49. The van der Waals surface area contributed by atoms with Gasteiger partial charge in [0.15, 0.2) is 0 Å². The number of hydrogen-bond acceptors (Lipinski definition) is 3. The van der Waals surface area contributed by atoms with E-state index in [1.807, 2.05) is 6.26 Å². The number of hydrogen-bond donors (Lipinski definition) is 1. The van der Waals surface area contributed by atoms with Gasteiger partial charge in [0.05, 0.1) is 12.8 Å². The SMILES string of the molecule is CCCCN(CC)Cc1occc1CNC(C)(C)C. The lowest BCUT2D eigenvalue weighted by Gasteiger charge is -2.22. The van der Waals surface area contributed by atoms with Crippen LogP contribution in [-0.2, 0) is 13.1 Å². The molecule has 0 radical (unpaired) electrons. The monoisotopic (exact) mass is 266 g/mol. The molecule has 0 unspecified atom stereocenters. The van der Waals surface area contributed by atoms with Crippen molar-refractivity contribution in [2.75, 3.05) is 13.1 Å². The molecule has 110 valence electrons. The molecule has 1 heterocycles. The Balaban J connectivity index is 2.56. The van der Waals surface area contributed by atoms with Gasteiger partial charge >= 0.3 is 0 Å². The van der Waals surface area contributed by atoms with Crippen molar-refractivity contribution in [3.05, 3.63) is 23.7 Å². The lowest BCUT2D eigenvalue weighted by molar-refractivity contribution is 0.250. The Labute approximate surface area is 118 Å². The minimum atomic E-state index is 0.140. The van der Waals surface area contributed by atoms with Crippen LogP contribution in [-0.4, -0.2) is 23.5 Å². The maximum atomic E-state index is 5.66. The Hall–Kier alpha value is -0.800. The number of rotatable bonds is 8. The Morgan fingerprint density at radius 1 is 1.26 bits per heavy atom. The molecule has 0 aliphatic heterocycles. The molecule has 19 heavy (non-hydrogen) atoms. The number of nitrogens with one attached hydrogen (secondary N) is 1. The third-order valence-electron chi connectivity index (χ3n) is 3.29. The molecular weight excluding hydrogens is 236 g/mol. The van der Waals surface area contributed by atoms with Gasteiger partial charge in [-0.1, -0.05) is 20.3 Å². The van der Waals surface area contributed by atoms with Gasteiger partial charge in [-0.05, 0) is 46.3 Å². The normalized spacial score (nSPS) is 12.3. The van der Waals surface area contributed by atoms with Crippen LogP contribution in [0.25, 0.3) is 0 Å². The second-order valence-corrected chi connectivity index (χ2v) is 6.19. The summed E-state index contributed by atoms with van der Waals surface area (Å²) in [4.78, 5) is 2.45. The minimum Gasteiger partial charge on any atom is -0.468 e. The lowest BCUT2D eigenvalue weighted by atomic mass is 10.1. The molecule has 0 saturated heterocycles. The van der Waals surface area contributed by atoms with Crippen molar-refractivity contribution < 1.29 is 4.42 Å². The number of unbranched alkanes of at least 4 members (excludes halogenated alkanes) is 1. The third kappa shape index (κ3) is 6.26. The summed E-state index contributed by atoms with van der Waals surface area (Å²) in [5.74, 6) is 1.11. The van der Waals surface area contributed by atoms with Crippen molar-refractivity contribution in [1.29, 1.82) is 0 Å². The molecule has 0 spiro atoms. The molecule has 0 saturated carbocycles. The van der Waals surface area contributed by atoms with Crippen LogP contribution in [0, 0.1) is 0 Å². The smallest absolute Gasteiger partial charge is 0.122 e. The molecule has 0 fully saturated rings. The Morgan fingerprint density at radius 3 is 2.58 bits per heavy atom. The molecule has 1 N–H and O–H groups in total. The fraction of sp³-hybridized carbons (Fsp3) is 0.750. The largest absolute Gasteiger partial charge is 0.468 e. The standard InChI is InChI=1S/C16H30N2O/c1-6-8-10-18(7-2)13-15-14(9-11-19-15)12-17-16(3,4)5/h9,11,17H,6-8,10,12-13H2,1-5H3. The molecule has 3 nitrogen and oxygen atoms in total. The van der Waals surface area contributed by atoms with E-state index in [1.165, 1.54) is 18.4 Å². The zero-order valence-corrected chi connectivity index (χ0v) is 13.3. The van der Waals surface area contributed by atoms with Crippen molar-refractivity contribution in [3.8, 4) is 0 Å². The second kappa shape index (κ2) is 7.71. The summed E-state index contributed by atoms with van der Waals surface area (Å²) in [5, 5.41) is 3.52. The molecule has 0 amide bonds. The molecule has 0 aromatic carbocycles. The van der Waals surface area contributed by atoms with Gasteiger partial charge in [0.1, 0.15) is 5.76 Å². The first-order chi connectivity index (χ1) is 8.96. The molecule has 0 atom stereocenters. The van der Waals surface area contributed by atoms with Gasteiger partial charge in [0.2, 0.25) is 0 Å². The molecule has 1 aromatic rings. The Bertz CT molecular complexity index is 352. The van der Waals surface area contributed by atoms with Crippen molar-refractivity contribution >= 4 is 0 Å². The quantitative estimate of drug-likeness (QED) is 0.776. The first-order valence-corrected chi connectivity index (χ1v) is 7.49. The van der Waals surface area contributed by atoms with E-state index in [-0.39, 0.29) is 5.54 Å². The van der Waals surface area contributed by atoms with Crippen LogP contribution in [0.2, 0.25) is 0 Å². The van der Waals surface area contributed by atoms with Gasteiger partial charge < -0.3 is 9.73 Å². The summed E-state index contributed by atoms with van der Waals surface area (Å²) in [6.45, 7) is 15.0. The van der Waals surface area contributed by atoms with Crippen molar-refractivity contribution in [2.24, 2.45) is 0 Å². The van der Waals surface area contributed by atoms with E-state index in [0.717, 1.165) is 31.9 Å². The van der Waals surface area contributed by atoms with Gasteiger partial charge in [-0.3, -0.25) is 4.90 Å². The van der Waals surface area contributed by atoms with Crippen LogP contribution in [0.15, 0.2) is 16.7 Å². The molecule has 0 aliphatic rings. The van der Waals surface area contributed by atoms with E-state index in [0.29, 0.717) is 0 Å². The molecule has 3 heteroatoms. The highest BCUT2D eigenvalue weighted by molar-refractivity contribution is 5.17. The van der Waals surface area contributed by atoms with Gasteiger partial charge in [-0.25, -0.2) is 0 Å². The van der Waals surface area contributed by atoms with E-state index in [1.54, 1.807) is 0 Å². The maximum absolute atomic E-state index is 5.66. The minimum absolute atomic E-state index is 0.140. The summed E-state index contributed by atoms with van der Waals surface area (Å²) < 4.78 is 5.66. The van der Waals surface area contributed by atoms with Gasteiger partial charge in [0, 0.05) is 17.6 Å². The van der Waals surface area contributed by atoms with Crippen LogP contribution in [0.3, 0.4) is 0 Å². The van der Waals surface area contributed by atoms with E-state index < -0.39 is 0 Å². The molecule has 0 bridgehead atoms. The third-order valence-corrected chi connectivity index (χ3v) is 3.29. The van der Waals surface area contributed by atoms with Crippen molar-refractivity contribution in [1.82, 2.24) is 10.2 Å². The zero-order valence-electron chi connectivity index (χ0n) is 13.3. The van der Waals surface area contributed by atoms with E-state index in [2.05, 4.69) is 50.9 Å². The topological polar surface area (TPSA) is 28.4 Å². The van der Waals surface area contributed by atoms with Crippen LogP contribution >= 0.6 is 0 Å². The summed E-state index contributed by atoms with van der Waals surface area (Å²) >= 11 is 0. The number of furan rings is 1. The maximum Gasteiger partial charge on any atom is 0.122 e. The highest BCUT2D eigenvalue weighted by Crippen LogP contribution is 2.15. The number of nitrogens with zero attached hydrogens (tertiary/aromatic N) is 1. The van der Waals surface area contributed by atoms with E-state index in [9.17, 15) is 0 Å². The first kappa shape index (κ1) is 16.3. The second-order valence-electron chi connectivity index (χ2n) is 6.19. The van der Waals surface area contributed by atoms with Crippen LogP contribution in [0.1, 0.15) is 58.8 Å². The fourth-order valence-electron chi connectivity index (χ4n) is 1.96. The zero-order chi connectivity index (χ0) is 14.3. The highest BCUT2D eigenvalue weighted by atomic mass is 16.3. The van der Waals surface area contributed by atoms with Crippen molar-refractivity contribution in [2.45, 2.75) is 66.1 Å². The van der Waals surface area contributed by atoms with Crippen LogP contribution in [0.5, 0.6) is 0 Å². The predicted octanol–water partition coefficient (Wildman–Crippen LogP) is 3.79. The Morgan fingerprint density at radius 2 is 2.00 bits per heavy atom. The fourth-order valence-corrected chi connectivity index (χ4v) is 1.96. The van der Waals surface area contributed by atoms with Gasteiger partial charge in [-0.15, -0.1) is 0 Å². The Kier molecular flexibility index (Phi) is 6.59. The summed E-state index contributed by atoms with van der Waals surface area (Å²) in [6, 6.07) is 2.09. The molecule has 1 aromatic heterocycles. The van der Waals surface area contributed by atoms with Gasteiger partial charge in [0.25, 0.3) is 0 Å². The average molecular weight is 266 g/mol. The summed E-state index contributed by atoms with van der Waals surface area (Å²) in [6.07, 6.45) is 4.31. The van der Waals surface area contributed by atoms with Crippen LogP contribution < -0.4 is 5.32 Å². The highest BCUT2D eigenvalue weighted by Gasteiger charge is 2.14. The molecule has 0 aliphatic carbocycles. The van der Waals surface area contributed by atoms with Crippen LogP contribution in [0.4, 0.5) is 0 Å². The average Bonchev–Trinajstić information content (AvgIpc) is 2.78. The van der Waals surface area contributed by atoms with E-state index in [4.69, 9.17) is 4.42 Å². The van der Waals surface area contributed by atoms with E-state index >= 15 is 0 Å². The van der Waals surface area contributed by atoms with Crippen molar-refractivity contribution in [3.63, 3.8) is 0 Å². The van der Waals surface area contributed by atoms with Gasteiger partial charge in [-0.2, -0.15) is 0 Å². The predicted molar refractivity (Wildman–Crippen MR) is 81.2 cm³/mol. The lowest BCUT2D eigenvalue weighted by Crippen LogP contribution is -2.35. The molecular formula is C16H30N2O. The molecule has 1 rings (SSSR count). The summed E-state index contributed by atoms with van der Waals surface area (Å²) in [5.41, 5.74) is 1.42.